The lowest BCUT2D eigenvalue weighted by Gasteiger charge is -2.09. The Labute approximate surface area is 126 Å². The molecule has 3 rings (SSSR count). The summed E-state index contributed by atoms with van der Waals surface area (Å²) in [5, 5.41) is 6.56. The standard InChI is InChI=1S/C16H14FN3O2/c1-10-5-6-18-15(7-10)19-16(21)14-9-13(20-22-14)11-3-2-4-12(17)8-11/h2-8,14H,9H2,1H3,(H,18,19,21). The molecule has 0 radical (unpaired) electrons. The molecule has 0 spiro atoms. The van der Waals surface area contributed by atoms with Gasteiger partial charge in [0.15, 0.2) is 0 Å². The molecule has 2 aromatic rings. The number of halogens is 1. The van der Waals surface area contributed by atoms with Gasteiger partial charge >= 0.3 is 0 Å². The molecule has 1 aliphatic heterocycles. The molecule has 22 heavy (non-hydrogen) atoms. The maximum atomic E-state index is 13.2. The first-order valence-electron chi connectivity index (χ1n) is 6.84. The number of pyridine rings is 1. The highest BCUT2D eigenvalue weighted by molar-refractivity contribution is 6.05. The molecule has 0 fully saturated rings. The minimum atomic E-state index is -0.736. The second-order valence-electron chi connectivity index (χ2n) is 5.05. The van der Waals surface area contributed by atoms with Crippen LogP contribution in [0.25, 0.3) is 0 Å². The lowest BCUT2D eigenvalue weighted by atomic mass is 10.0. The fourth-order valence-corrected chi connectivity index (χ4v) is 2.17. The zero-order valence-corrected chi connectivity index (χ0v) is 11.9. The van der Waals surface area contributed by atoms with E-state index in [2.05, 4.69) is 15.5 Å². The molecule has 1 amide bonds. The van der Waals surface area contributed by atoms with Crippen LogP contribution in [-0.2, 0) is 9.63 Å². The second kappa shape index (κ2) is 5.93. The highest BCUT2D eigenvalue weighted by Crippen LogP contribution is 2.18. The predicted octanol–water partition coefficient (Wildman–Crippen LogP) is 2.66. The average Bonchev–Trinajstić information content (AvgIpc) is 2.97. The molecule has 0 bridgehead atoms. The minimum Gasteiger partial charge on any atom is -0.382 e. The summed E-state index contributed by atoms with van der Waals surface area (Å²) < 4.78 is 13.2. The van der Waals surface area contributed by atoms with Gasteiger partial charge in [-0.2, -0.15) is 0 Å². The van der Waals surface area contributed by atoms with Gasteiger partial charge in [0.1, 0.15) is 11.6 Å². The molecule has 1 aromatic carbocycles. The molecular weight excluding hydrogens is 285 g/mol. The number of hydrogen-bond donors (Lipinski definition) is 1. The summed E-state index contributed by atoms with van der Waals surface area (Å²) in [5.74, 6) is -0.210. The van der Waals surface area contributed by atoms with Crippen molar-refractivity contribution in [2.75, 3.05) is 5.32 Å². The predicted molar refractivity (Wildman–Crippen MR) is 80.0 cm³/mol. The van der Waals surface area contributed by atoms with Gasteiger partial charge in [-0.05, 0) is 36.8 Å². The van der Waals surface area contributed by atoms with Gasteiger partial charge in [-0.15, -0.1) is 0 Å². The van der Waals surface area contributed by atoms with Crippen LogP contribution >= 0.6 is 0 Å². The number of benzene rings is 1. The monoisotopic (exact) mass is 299 g/mol. The Kier molecular flexibility index (Phi) is 3.82. The van der Waals surface area contributed by atoms with Gasteiger partial charge in [-0.25, -0.2) is 9.37 Å². The van der Waals surface area contributed by atoms with Crippen molar-refractivity contribution in [3.63, 3.8) is 0 Å². The zero-order chi connectivity index (χ0) is 15.5. The number of oxime groups is 1. The van der Waals surface area contributed by atoms with Gasteiger partial charge in [0, 0.05) is 18.2 Å². The number of carbonyl (C=O) groups excluding carboxylic acids is 1. The van der Waals surface area contributed by atoms with Gasteiger partial charge in [-0.1, -0.05) is 17.3 Å². The quantitative estimate of drug-likeness (QED) is 0.947. The molecule has 2 heterocycles. The Morgan fingerprint density at radius 2 is 2.23 bits per heavy atom. The number of aromatic nitrogens is 1. The van der Waals surface area contributed by atoms with Crippen LogP contribution in [0.4, 0.5) is 10.2 Å². The smallest absolute Gasteiger partial charge is 0.269 e. The third-order valence-corrected chi connectivity index (χ3v) is 3.29. The summed E-state index contributed by atoms with van der Waals surface area (Å²) in [6.07, 6.45) is 1.18. The third kappa shape index (κ3) is 3.11. The Morgan fingerprint density at radius 3 is 3.00 bits per heavy atom. The Hall–Kier alpha value is -2.76. The number of nitrogens with one attached hydrogen (secondary N) is 1. The van der Waals surface area contributed by atoms with Crippen molar-refractivity contribution in [3.8, 4) is 0 Å². The minimum absolute atomic E-state index is 0.293. The van der Waals surface area contributed by atoms with E-state index in [1.807, 2.05) is 13.0 Å². The number of carbonyl (C=O) groups is 1. The average molecular weight is 299 g/mol. The molecule has 1 aromatic heterocycles. The third-order valence-electron chi connectivity index (χ3n) is 3.29. The van der Waals surface area contributed by atoms with E-state index in [0.29, 0.717) is 23.5 Å². The maximum absolute atomic E-state index is 13.2. The summed E-state index contributed by atoms with van der Waals surface area (Å²) in [7, 11) is 0. The van der Waals surface area contributed by atoms with Crippen molar-refractivity contribution in [3.05, 3.63) is 59.5 Å². The van der Waals surface area contributed by atoms with E-state index < -0.39 is 6.10 Å². The van der Waals surface area contributed by atoms with Crippen LogP contribution in [0, 0.1) is 12.7 Å². The lowest BCUT2D eigenvalue weighted by molar-refractivity contribution is -0.125. The van der Waals surface area contributed by atoms with Gasteiger partial charge < -0.3 is 10.2 Å². The van der Waals surface area contributed by atoms with Crippen molar-refractivity contribution in [2.45, 2.75) is 19.4 Å². The van der Waals surface area contributed by atoms with Gasteiger partial charge in [0.05, 0.1) is 5.71 Å². The van der Waals surface area contributed by atoms with Crippen molar-refractivity contribution >= 4 is 17.4 Å². The van der Waals surface area contributed by atoms with Gasteiger partial charge in [0.2, 0.25) is 6.10 Å². The van der Waals surface area contributed by atoms with Crippen LogP contribution in [-0.4, -0.2) is 22.7 Å². The molecule has 1 aliphatic rings. The molecule has 6 heteroatoms. The first-order valence-corrected chi connectivity index (χ1v) is 6.84. The van der Waals surface area contributed by atoms with E-state index >= 15 is 0 Å². The van der Waals surface area contributed by atoms with Crippen molar-refractivity contribution < 1.29 is 14.0 Å². The van der Waals surface area contributed by atoms with Gasteiger partial charge in [-0.3, -0.25) is 4.79 Å². The fraction of sp³-hybridized carbons (Fsp3) is 0.188. The summed E-state index contributed by atoms with van der Waals surface area (Å²) in [4.78, 5) is 21.4. The van der Waals surface area contributed by atoms with Crippen molar-refractivity contribution in [1.29, 1.82) is 0 Å². The molecule has 112 valence electrons. The SMILES string of the molecule is Cc1ccnc(NC(=O)C2CC(c3cccc(F)c3)=NO2)c1. The molecule has 0 saturated carbocycles. The molecule has 0 saturated heterocycles. The van der Waals surface area contributed by atoms with Crippen LogP contribution in [0.1, 0.15) is 17.5 Å². The number of amides is 1. The Morgan fingerprint density at radius 1 is 1.36 bits per heavy atom. The van der Waals surface area contributed by atoms with E-state index in [-0.39, 0.29) is 11.7 Å². The first-order chi connectivity index (χ1) is 10.6. The van der Waals surface area contributed by atoms with Crippen LogP contribution in [0.5, 0.6) is 0 Å². The lowest BCUT2D eigenvalue weighted by Crippen LogP contribution is -2.28. The number of anilines is 1. The number of rotatable bonds is 3. The number of nitrogens with zero attached hydrogens (tertiary/aromatic N) is 2. The Balaban J connectivity index is 1.65. The van der Waals surface area contributed by atoms with Crippen LogP contribution in [0.2, 0.25) is 0 Å². The van der Waals surface area contributed by atoms with E-state index in [1.165, 1.54) is 12.1 Å². The normalized spacial score (nSPS) is 16.8. The molecular formula is C16H14FN3O2. The maximum Gasteiger partial charge on any atom is 0.269 e. The summed E-state index contributed by atoms with van der Waals surface area (Å²) in [5.41, 5.74) is 2.16. The van der Waals surface area contributed by atoms with Crippen molar-refractivity contribution in [2.24, 2.45) is 5.16 Å². The summed E-state index contributed by atoms with van der Waals surface area (Å²) in [6.45, 7) is 1.91. The highest BCUT2D eigenvalue weighted by Gasteiger charge is 2.29. The highest BCUT2D eigenvalue weighted by atomic mass is 19.1. The molecule has 1 unspecified atom stereocenters. The fourth-order valence-electron chi connectivity index (χ4n) is 2.17. The van der Waals surface area contributed by atoms with E-state index in [0.717, 1.165) is 5.56 Å². The number of hydrogen-bond acceptors (Lipinski definition) is 4. The van der Waals surface area contributed by atoms with Crippen LogP contribution in [0.3, 0.4) is 0 Å². The van der Waals surface area contributed by atoms with Crippen LogP contribution in [0.15, 0.2) is 47.8 Å². The summed E-state index contributed by atoms with van der Waals surface area (Å²) in [6, 6.07) is 9.65. The van der Waals surface area contributed by atoms with Crippen molar-refractivity contribution in [1.82, 2.24) is 4.98 Å². The first kappa shape index (κ1) is 14.2. The molecule has 5 nitrogen and oxygen atoms in total. The van der Waals surface area contributed by atoms with E-state index in [4.69, 9.17) is 4.84 Å². The molecule has 1 atom stereocenters. The largest absolute Gasteiger partial charge is 0.382 e. The number of aryl methyl sites for hydroxylation is 1. The molecule has 1 N–H and O–H groups in total. The van der Waals surface area contributed by atoms with E-state index in [9.17, 15) is 9.18 Å². The van der Waals surface area contributed by atoms with E-state index in [1.54, 1.807) is 24.4 Å². The summed E-state index contributed by atoms with van der Waals surface area (Å²) >= 11 is 0. The zero-order valence-electron chi connectivity index (χ0n) is 11.9. The second-order valence-corrected chi connectivity index (χ2v) is 5.05. The molecule has 0 aliphatic carbocycles. The van der Waals surface area contributed by atoms with Gasteiger partial charge in [0.25, 0.3) is 5.91 Å². The topological polar surface area (TPSA) is 63.6 Å². The van der Waals surface area contributed by atoms with Crippen LogP contribution < -0.4 is 5.32 Å². The Bertz CT molecular complexity index is 746.